The van der Waals surface area contributed by atoms with Gasteiger partial charge in [0.1, 0.15) is 17.2 Å². The van der Waals surface area contributed by atoms with Gasteiger partial charge in [0.15, 0.2) is 0 Å². The maximum absolute atomic E-state index is 12.6. The van der Waals surface area contributed by atoms with Crippen molar-refractivity contribution in [3.05, 3.63) is 83.8 Å². The number of nitrogens with one attached hydrogen (secondary N) is 1. The fourth-order valence-electron chi connectivity index (χ4n) is 3.95. The van der Waals surface area contributed by atoms with Crippen LogP contribution in [0.4, 0.5) is 10.5 Å². The minimum atomic E-state index is -0.603. The van der Waals surface area contributed by atoms with E-state index in [-0.39, 0.29) is 0 Å². The summed E-state index contributed by atoms with van der Waals surface area (Å²) in [4.78, 5) is 21.9. The standard InChI is InChI=1S/C29H31N3O3/c1-19-8-6-7-9-20(19)11-13-27-30-15-14-25(31-27)22-16-21-10-12-23(34-5)18-24(21)26(17-22)32-28(33)35-29(2,3)4/h6-10,12,14-18H,11,13H2,1-5H3,(H,32,33). The molecule has 1 N–H and O–H groups in total. The SMILES string of the molecule is COc1ccc2cc(-c3ccnc(CCc4ccccc4C)n3)cc(NC(=O)OC(C)(C)C)c2c1. The molecule has 35 heavy (non-hydrogen) atoms. The summed E-state index contributed by atoms with van der Waals surface area (Å²) in [5, 5.41) is 4.72. The van der Waals surface area contributed by atoms with Gasteiger partial charge in [0.05, 0.1) is 18.5 Å². The molecule has 0 aliphatic rings. The Hall–Kier alpha value is -3.93. The molecule has 0 aliphatic heterocycles. The fraction of sp³-hybridized carbons (Fsp3) is 0.276. The third kappa shape index (κ3) is 6.15. The summed E-state index contributed by atoms with van der Waals surface area (Å²) in [6, 6.07) is 20.0. The molecule has 0 unspecified atom stereocenters. The Labute approximate surface area is 206 Å². The Kier molecular flexibility index (Phi) is 7.01. The number of carbonyl (C=O) groups excluding carboxylic acids is 1. The summed E-state index contributed by atoms with van der Waals surface area (Å²) >= 11 is 0. The number of fused-ring (bicyclic) bond motifs is 1. The minimum absolute atomic E-state index is 0.514. The number of rotatable bonds is 6. The van der Waals surface area contributed by atoms with Crippen molar-refractivity contribution in [3.63, 3.8) is 0 Å². The smallest absolute Gasteiger partial charge is 0.412 e. The number of carbonyl (C=O) groups is 1. The lowest BCUT2D eigenvalue weighted by Crippen LogP contribution is -2.27. The normalized spacial score (nSPS) is 11.3. The van der Waals surface area contributed by atoms with E-state index in [9.17, 15) is 4.79 Å². The second kappa shape index (κ2) is 10.1. The Balaban J connectivity index is 1.67. The number of aryl methyl sites for hydroxylation is 3. The van der Waals surface area contributed by atoms with Crippen LogP contribution in [-0.2, 0) is 17.6 Å². The molecule has 0 spiro atoms. The van der Waals surface area contributed by atoms with Crippen LogP contribution in [0.5, 0.6) is 5.75 Å². The molecule has 0 aliphatic carbocycles. The Morgan fingerprint density at radius 3 is 2.54 bits per heavy atom. The van der Waals surface area contributed by atoms with Crippen LogP contribution in [0.25, 0.3) is 22.0 Å². The molecule has 0 saturated carbocycles. The third-order valence-corrected chi connectivity index (χ3v) is 5.68. The van der Waals surface area contributed by atoms with Gasteiger partial charge in [0.25, 0.3) is 0 Å². The van der Waals surface area contributed by atoms with Crippen LogP contribution < -0.4 is 10.1 Å². The van der Waals surface area contributed by atoms with Crippen molar-refractivity contribution in [2.45, 2.75) is 46.1 Å². The van der Waals surface area contributed by atoms with Crippen molar-refractivity contribution in [2.24, 2.45) is 0 Å². The average Bonchev–Trinajstić information content (AvgIpc) is 2.82. The van der Waals surface area contributed by atoms with Crippen LogP contribution in [0.15, 0.2) is 66.9 Å². The van der Waals surface area contributed by atoms with Gasteiger partial charge in [0, 0.05) is 23.6 Å². The quantitative estimate of drug-likeness (QED) is 0.338. The lowest BCUT2D eigenvalue weighted by Gasteiger charge is -2.20. The zero-order valence-corrected chi connectivity index (χ0v) is 20.9. The molecular weight excluding hydrogens is 438 g/mol. The maximum Gasteiger partial charge on any atom is 0.412 e. The molecule has 0 saturated heterocycles. The predicted molar refractivity (Wildman–Crippen MR) is 140 cm³/mol. The van der Waals surface area contributed by atoms with Crippen LogP contribution in [0.2, 0.25) is 0 Å². The van der Waals surface area contributed by atoms with Gasteiger partial charge in [-0.05, 0) is 81.0 Å². The molecule has 0 fully saturated rings. The van der Waals surface area contributed by atoms with Crippen LogP contribution in [0, 0.1) is 6.92 Å². The zero-order chi connectivity index (χ0) is 25.0. The lowest BCUT2D eigenvalue weighted by molar-refractivity contribution is 0.0636. The van der Waals surface area contributed by atoms with E-state index in [1.807, 2.05) is 57.2 Å². The van der Waals surface area contributed by atoms with E-state index >= 15 is 0 Å². The van der Waals surface area contributed by atoms with Gasteiger partial charge in [0.2, 0.25) is 0 Å². The molecule has 4 aromatic rings. The first kappa shape index (κ1) is 24.2. The van der Waals surface area contributed by atoms with Gasteiger partial charge in [-0.25, -0.2) is 14.8 Å². The van der Waals surface area contributed by atoms with Gasteiger partial charge in [-0.3, -0.25) is 5.32 Å². The van der Waals surface area contributed by atoms with Gasteiger partial charge in [-0.2, -0.15) is 0 Å². The Morgan fingerprint density at radius 1 is 1.00 bits per heavy atom. The van der Waals surface area contributed by atoms with Crippen LogP contribution in [0.1, 0.15) is 37.7 Å². The van der Waals surface area contributed by atoms with Crippen molar-refractivity contribution >= 4 is 22.6 Å². The summed E-state index contributed by atoms with van der Waals surface area (Å²) in [6.45, 7) is 7.63. The van der Waals surface area contributed by atoms with Gasteiger partial charge in [-0.1, -0.05) is 30.3 Å². The van der Waals surface area contributed by atoms with Crippen molar-refractivity contribution in [3.8, 4) is 17.0 Å². The number of hydrogen-bond donors (Lipinski definition) is 1. The highest BCUT2D eigenvalue weighted by atomic mass is 16.6. The molecular formula is C29H31N3O3. The first-order chi connectivity index (χ1) is 16.7. The van der Waals surface area contributed by atoms with Crippen LogP contribution in [-0.4, -0.2) is 28.8 Å². The lowest BCUT2D eigenvalue weighted by atomic mass is 10.0. The van der Waals surface area contributed by atoms with E-state index in [1.54, 1.807) is 13.3 Å². The highest BCUT2D eigenvalue weighted by Gasteiger charge is 2.18. The molecule has 6 nitrogen and oxygen atoms in total. The van der Waals surface area contributed by atoms with E-state index in [0.29, 0.717) is 11.4 Å². The largest absolute Gasteiger partial charge is 0.497 e. The van der Waals surface area contributed by atoms with Crippen molar-refractivity contribution in [2.75, 3.05) is 12.4 Å². The highest BCUT2D eigenvalue weighted by molar-refractivity contribution is 6.03. The van der Waals surface area contributed by atoms with Gasteiger partial charge < -0.3 is 9.47 Å². The summed E-state index contributed by atoms with van der Waals surface area (Å²) in [5.41, 5.74) is 4.27. The summed E-state index contributed by atoms with van der Waals surface area (Å²) < 4.78 is 10.9. The second-order valence-corrected chi connectivity index (χ2v) is 9.52. The molecule has 6 heteroatoms. The van der Waals surface area contributed by atoms with Crippen LogP contribution in [0.3, 0.4) is 0 Å². The van der Waals surface area contributed by atoms with Crippen molar-refractivity contribution < 1.29 is 14.3 Å². The number of amides is 1. The number of hydrogen-bond acceptors (Lipinski definition) is 5. The molecule has 0 bridgehead atoms. The number of aromatic nitrogens is 2. The van der Waals surface area contributed by atoms with Crippen molar-refractivity contribution in [1.29, 1.82) is 0 Å². The second-order valence-electron chi connectivity index (χ2n) is 9.52. The fourth-order valence-corrected chi connectivity index (χ4v) is 3.95. The zero-order valence-electron chi connectivity index (χ0n) is 20.9. The number of methoxy groups -OCH3 is 1. The van der Waals surface area contributed by atoms with Gasteiger partial charge in [-0.15, -0.1) is 0 Å². The molecule has 1 heterocycles. The molecule has 3 aromatic carbocycles. The number of anilines is 1. The molecule has 0 radical (unpaired) electrons. The van der Waals surface area contributed by atoms with E-state index in [4.69, 9.17) is 14.5 Å². The molecule has 0 atom stereocenters. The number of ether oxygens (including phenoxy) is 2. The van der Waals surface area contributed by atoms with E-state index < -0.39 is 11.7 Å². The first-order valence-electron chi connectivity index (χ1n) is 11.7. The third-order valence-electron chi connectivity index (χ3n) is 5.68. The van der Waals surface area contributed by atoms with E-state index in [0.717, 1.165) is 40.7 Å². The van der Waals surface area contributed by atoms with Crippen LogP contribution >= 0.6 is 0 Å². The molecule has 1 amide bonds. The average molecular weight is 470 g/mol. The first-order valence-corrected chi connectivity index (χ1v) is 11.7. The summed E-state index contributed by atoms with van der Waals surface area (Å²) in [5.74, 6) is 1.49. The molecule has 4 rings (SSSR count). The number of nitrogens with zero attached hydrogens (tertiary/aromatic N) is 2. The monoisotopic (exact) mass is 469 g/mol. The summed E-state index contributed by atoms with van der Waals surface area (Å²) in [6.07, 6.45) is 2.89. The Bertz CT molecular complexity index is 1360. The Morgan fingerprint density at radius 2 is 1.80 bits per heavy atom. The van der Waals surface area contributed by atoms with E-state index in [1.165, 1.54) is 11.1 Å². The predicted octanol–water partition coefficient (Wildman–Crippen LogP) is 6.75. The van der Waals surface area contributed by atoms with Gasteiger partial charge >= 0.3 is 6.09 Å². The highest BCUT2D eigenvalue weighted by Crippen LogP contribution is 2.33. The molecule has 1 aromatic heterocycles. The maximum atomic E-state index is 12.6. The minimum Gasteiger partial charge on any atom is -0.497 e. The summed E-state index contributed by atoms with van der Waals surface area (Å²) in [7, 11) is 1.62. The van der Waals surface area contributed by atoms with Crippen molar-refractivity contribution in [1.82, 2.24) is 9.97 Å². The number of benzene rings is 3. The topological polar surface area (TPSA) is 73.3 Å². The molecule has 180 valence electrons. The van der Waals surface area contributed by atoms with E-state index in [2.05, 4.69) is 41.5 Å².